The predicted octanol–water partition coefficient (Wildman–Crippen LogP) is 3.60. The van der Waals surface area contributed by atoms with Crippen LogP contribution in [0.1, 0.15) is 46.9 Å². The molecular formula is C13H13BrN2O. The minimum absolute atomic E-state index is 0.166. The molecule has 3 rings (SSSR count). The number of benzene rings is 1. The number of rotatable bonds is 3. The van der Waals surface area contributed by atoms with Crippen LogP contribution in [-0.4, -0.2) is 10.1 Å². The van der Waals surface area contributed by atoms with E-state index in [1.165, 1.54) is 11.1 Å². The van der Waals surface area contributed by atoms with Crippen LogP contribution in [-0.2, 0) is 6.42 Å². The quantitative estimate of drug-likeness (QED) is 0.812. The maximum atomic E-state index is 5.28. The van der Waals surface area contributed by atoms with E-state index >= 15 is 0 Å². The summed E-state index contributed by atoms with van der Waals surface area (Å²) in [7, 11) is 0. The lowest BCUT2D eigenvalue weighted by atomic mass is 9.77. The fourth-order valence-electron chi connectivity index (χ4n) is 2.18. The number of alkyl halides is 1. The summed E-state index contributed by atoms with van der Waals surface area (Å²) in [6, 6.07) is 8.44. The van der Waals surface area contributed by atoms with E-state index in [9.17, 15) is 0 Å². The molecular weight excluding hydrogens is 280 g/mol. The Morgan fingerprint density at radius 1 is 1.47 bits per heavy atom. The maximum Gasteiger partial charge on any atom is 0.240 e. The third-order valence-electron chi connectivity index (χ3n) is 3.25. The van der Waals surface area contributed by atoms with E-state index in [1.54, 1.807) is 0 Å². The van der Waals surface area contributed by atoms with Crippen LogP contribution in [0.5, 0.6) is 0 Å². The first-order valence-electron chi connectivity index (χ1n) is 5.85. The highest BCUT2D eigenvalue weighted by atomic mass is 79.9. The Balaban J connectivity index is 1.86. The van der Waals surface area contributed by atoms with Crippen molar-refractivity contribution >= 4 is 15.9 Å². The smallest absolute Gasteiger partial charge is 0.240 e. The van der Waals surface area contributed by atoms with Gasteiger partial charge in [-0.25, -0.2) is 0 Å². The molecule has 0 bridgehead atoms. The van der Waals surface area contributed by atoms with Crippen molar-refractivity contribution in [2.75, 3.05) is 0 Å². The molecule has 0 fully saturated rings. The summed E-state index contributed by atoms with van der Waals surface area (Å²) in [6.45, 7) is 2.09. The van der Waals surface area contributed by atoms with Crippen LogP contribution in [0.25, 0.3) is 0 Å². The van der Waals surface area contributed by atoms with Crippen molar-refractivity contribution in [2.45, 2.75) is 30.5 Å². The van der Waals surface area contributed by atoms with E-state index in [0.717, 1.165) is 18.7 Å². The monoisotopic (exact) mass is 292 g/mol. The fourth-order valence-corrected chi connectivity index (χ4v) is 2.37. The Labute approximate surface area is 108 Å². The molecule has 3 nitrogen and oxygen atoms in total. The van der Waals surface area contributed by atoms with Crippen LogP contribution in [0.15, 0.2) is 28.8 Å². The van der Waals surface area contributed by atoms with Gasteiger partial charge in [-0.15, -0.1) is 0 Å². The average molecular weight is 293 g/mol. The van der Waals surface area contributed by atoms with Gasteiger partial charge in [-0.05, 0) is 24.0 Å². The molecule has 4 heteroatoms. The molecule has 17 heavy (non-hydrogen) atoms. The largest absolute Gasteiger partial charge is 0.338 e. The van der Waals surface area contributed by atoms with Gasteiger partial charge in [0.1, 0.15) is 0 Å². The summed E-state index contributed by atoms with van der Waals surface area (Å²) in [4.78, 5) is 4.64. The highest BCUT2D eigenvalue weighted by Crippen LogP contribution is 2.39. The molecule has 0 amide bonds. The Bertz CT molecular complexity index is 538. The summed E-state index contributed by atoms with van der Waals surface area (Å²) in [6.07, 6.45) is 1.97. The molecule has 1 heterocycles. The summed E-state index contributed by atoms with van der Waals surface area (Å²) in [5, 5.41) is 4.09. The summed E-state index contributed by atoms with van der Waals surface area (Å²) < 4.78 is 5.28. The van der Waals surface area contributed by atoms with Gasteiger partial charge in [-0.3, -0.25) is 0 Å². The predicted molar refractivity (Wildman–Crippen MR) is 68.2 cm³/mol. The molecule has 0 radical (unpaired) electrons. The van der Waals surface area contributed by atoms with Gasteiger partial charge < -0.3 is 4.52 Å². The van der Waals surface area contributed by atoms with Crippen LogP contribution in [0.4, 0.5) is 0 Å². The second-order valence-electron chi connectivity index (χ2n) is 4.32. The van der Waals surface area contributed by atoms with E-state index in [4.69, 9.17) is 4.52 Å². The van der Waals surface area contributed by atoms with Crippen LogP contribution in [0.2, 0.25) is 0 Å². The third kappa shape index (κ3) is 1.80. The van der Waals surface area contributed by atoms with E-state index in [-0.39, 0.29) is 4.83 Å². The lowest BCUT2D eigenvalue weighted by Gasteiger charge is -2.27. The van der Waals surface area contributed by atoms with Crippen LogP contribution in [0.3, 0.4) is 0 Å². The molecule has 0 N–H and O–H groups in total. The molecule has 1 aromatic carbocycles. The van der Waals surface area contributed by atoms with Gasteiger partial charge in [0, 0.05) is 0 Å². The number of nitrogens with zero attached hydrogens (tertiary/aromatic N) is 2. The van der Waals surface area contributed by atoms with Crippen molar-refractivity contribution in [2.24, 2.45) is 0 Å². The van der Waals surface area contributed by atoms with E-state index in [1.807, 2.05) is 0 Å². The SMILES string of the molecule is CCC(Br)c1nc(C2Cc3ccccc32)no1. The first kappa shape index (κ1) is 11.0. The molecule has 2 unspecified atom stereocenters. The Kier molecular flexibility index (Phi) is 2.74. The highest BCUT2D eigenvalue weighted by Gasteiger charge is 2.31. The lowest BCUT2D eigenvalue weighted by molar-refractivity contribution is 0.368. The zero-order valence-electron chi connectivity index (χ0n) is 9.56. The standard InChI is InChI=1S/C13H13BrN2O/c1-2-11(14)13-15-12(16-17-13)10-7-8-5-3-4-6-9(8)10/h3-6,10-11H,2,7H2,1H3. The topological polar surface area (TPSA) is 38.9 Å². The van der Waals surface area contributed by atoms with Crippen LogP contribution < -0.4 is 0 Å². The Morgan fingerprint density at radius 2 is 2.29 bits per heavy atom. The van der Waals surface area contributed by atoms with Crippen molar-refractivity contribution < 1.29 is 4.52 Å². The Hall–Kier alpha value is -1.16. The lowest BCUT2D eigenvalue weighted by Crippen LogP contribution is -2.19. The average Bonchev–Trinajstić information content (AvgIpc) is 2.79. The second kappa shape index (κ2) is 4.26. The molecule has 2 atom stereocenters. The van der Waals surface area contributed by atoms with Gasteiger partial charge in [0.25, 0.3) is 0 Å². The van der Waals surface area contributed by atoms with Gasteiger partial charge in [0.2, 0.25) is 5.89 Å². The zero-order valence-corrected chi connectivity index (χ0v) is 11.1. The van der Waals surface area contributed by atoms with Crippen LogP contribution in [0, 0.1) is 0 Å². The number of halogens is 1. The molecule has 88 valence electrons. The van der Waals surface area contributed by atoms with E-state index in [0.29, 0.717) is 11.8 Å². The van der Waals surface area contributed by atoms with E-state index in [2.05, 4.69) is 57.3 Å². The first-order chi connectivity index (χ1) is 8.29. The van der Waals surface area contributed by atoms with Gasteiger partial charge in [0.15, 0.2) is 5.82 Å². The van der Waals surface area contributed by atoms with Crippen molar-refractivity contribution in [3.63, 3.8) is 0 Å². The summed E-state index contributed by atoms with van der Waals surface area (Å²) >= 11 is 3.52. The van der Waals surface area contributed by atoms with Gasteiger partial charge >= 0.3 is 0 Å². The Morgan fingerprint density at radius 3 is 3.06 bits per heavy atom. The van der Waals surface area contributed by atoms with Crippen molar-refractivity contribution in [3.05, 3.63) is 47.1 Å². The summed E-state index contributed by atoms with van der Waals surface area (Å²) in [5.41, 5.74) is 2.73. The molecule has 0 aliphatic heterocycles. The van der Waals surface area contributed by atoms with Crippen LogP contribution >= 0.6 is 15.9 Å². The molecule has 1 aliphatic carbocycles. The molecule has 1 aromatic heterocycles. The third-order valence-corrected chi connectivity index (χ3v) is 4.29. The first-order valence-corrected chi connectivity index (χ1v) is 6.76. The molecule has 1 aliphatic rings. The molecule has 0 saturated heterocycles. The van der Waals surface area contributed by atoms with E-state index < -0.39 is 0 Å². The number of aromatic nitrogens is 2. The molecule has 0 saturated carbocycles. The fraction of sp³-hybridized carbons (Fsp3) is 0.385. The van der Waals surface area contributed by atoms with Gasteiger partial charge in [-0.2, -0.15) is 4.98 Å². The zero-order chi connectivity index (χ0) is 11.8. The minimum atomic E-state index is 0.166. The molecule has 2 aromatic rings. The minimum Gasteiger partial charge on any atom is -0.338 e. The maximum absolute atomic E-state index is 5.28. The number of hydrogen-bond donors (Lipinski definition) is 0. The van der Waals surface area contributed by atoms with Crippen molar-refractivity contribution in [1.29, 1.82) is 0 Å². The molecule has 0 spiro atoms. The summed E-state index contributed by atoms with van der Waals surface area (Å²) in [5.74, 6) is 1.82. The van der Waals surface area contributed by atoms with Crippen molar-refractivity contribution in [3.8, 4) is 0 Å². The highest BCUT2D eigenvalue weighted by molar-refractivity contribution is 9.09. The van der Waals surface area contributed by atoms with Gasteiger partial charge in [0.05, 0.1) is 10.7 Å². The number of fused-ring (bicyclic) bond motifs is 1. The van der Waals surface area contributed by atoms with Gasteiger partial charge in [-0.1, -0.05) is 52.3 Å². The normalized spacial score (nSPS) is 19.5. The number of hydrogen-bond acceptors (Lipinski definition) is 3. The van der Waals surface area contributed by atoms with Crippen molar-refractivity contribution in [1.82, 2.24) is 10.1 Å². The second-order valence-corrected chi connectivity index (χ2v) is 5.43.